The van der Waals surface area contributed by atoms with Crippen LogP contribution in [0.2, 0.25) is 0 Å². The molecule has 1 aromatic carbocycles. The Labute approximate surface area is 124 Å². The molecule has 0 bridgehead atoms. The highest BCUT2D eigenvalue weighted by molar-refractivity contribution is 5.55. The first kappa shape index (κ1) is 15.3. The number of hydrogen-bond acceptors (Lipinski definition) is 3. The van der Waals surface area contributed by atoms with E-state index >= 15 is 0 Å². The third-order valence-electron chi connectivity index (χ3n) is 4.33. The van der Waals surface area contributed by atoms with Gasteiger partial charge in [-0.05, 0) is 51.5 Å². The molecule has 1 saturated heterocycles. The molecule has 1 atom stereocenters. The average Bonchev–Trinajstić information content (AvgIpc) is 2.44. The number of likely N-dealkylation sites (tertiary alicyclic amines) is 1. The maximum absolute atomic E-state index is 3.46. The van der Waals surface area contributed by atoms with Crippen LogP contribution in [-0.2, 0) is 6.54 Å². The molecule has 1 aliphatic heterocycles. The topological polar surface area (TPSA) is 18.5 Å². The molecule has 1 fully saturated rings. The van der Waals surface area contributed by atoms with Crippen molar-refractivity contribution in [3.8, 4) is 0 Å². The predicted molar refractivity (Wildman–Crippen MR) is 87.5 cm³/mol. The van der Waals surface area contributed by atoms with Crippen LogP contribution in [0.5, 0.6) is 0 Å². The Hall–Kier alpha value is -1.06. The van der Waals surface area contributed by atoms with E-state index in [1.165, 1.54) is 42.7 Å². The Kier molecular flexibility index (Phi) is 5.44. The molecule has 0 spiro atoms. The Bertz CT molecular complexity index is 430. The predicted octanol–water partition coefficient (Wildman–Crippen LogP) is 2.63. The summed E-state index contributed by atoms with van der Waals surface area (Å²) in [4.78, 5) is 4.94. The summed E-state index contributed by atoms with van der Waals surface area (Å²) in [6, 6.07) is 7.47. The van der Waals surface area contributed by atoms with E-state index < -0.39 is 0 Å². The van der Waals surface area contributed by atoms with E-state index in [2.05, 4.69) is 61.3 Å². The van der Waals surface area contributed by atoms with Crippen LogP contribution >= 0.6 is 0 Å². The third-order valence-corrected chi connectivity index (χ3v) is 4.33. The Morgan fingerprint density at radius 3 is 2.90 bits per heavy atom. The lowest BCUT2D eigenvalue weighted by Crippen LogP contribution is -2.45. The fraction of sp³-hybridized carbons (Fsp3) is 0.647. The zero-order chi connectivity index (χ0) is 14.5. The second-order valence-electron chi connectivity index (χ2n) is 6.08. The summed E-state index contributed by atoms with van der Waals surface area (Å²) in [7, 11) is 4.48. The van der Waals surface area contributed by atoms with Crippen molar-refractivity contribution in [2.24, 2.45) is 0 Å². The molecule has 1 aliphatic rings. The molecule has 3 heteroatoms. The Morgan fingerprint density at radius 1 is 1.40 bits per heavy atom. The molecular formula is C17H29N3. The molecule has 1 aromatic rings. The van der Waals surface area contributed by atoms with Gasteiger partial charge in [0.1, 0.15) is 0 Å². The lowest BCUT2D eigenvalue weighted by Gasteiger charge is -2.38. The van der Waals surface area contributed by atoms with Crippen LogP contribution in [0.15, 0.2) is 18.2 Å². The first-order chi connectivity index (χ1) is 9.61. The van der Waals surface area contributed by atoms with Gasteiger partial charge in [-0.3, -0.25) is 0 Å². The first-order valence-corrected chi connectivity index (χ1v) is 7.83. The lowest BCUT2D eigenvalue weighted by molar-refractivity contribution is 0.248. The number of nitrogens with zero attached hydrogens (tertiary/aromatic N) is 2. The van der Waals surface area contributed by atoms with Gasteiger partial charge in [0, 0.05) is 31.9 Å². The molecule has 0 amide bonds. The van der Waals surface area contributed by atoms with Crippen LogP contribution < -0.4 is 10.2 Å². The number of rotatable bonds is 5. The quantitative estimate of drug-likeness (QED) is 0.891. The number of hydrogen-bond donors (Lipinski definition) is 1. The number of nitrogens with one attached hydrogen (secondary N) is 1. The average molecular weight is 275 g/mol. The number of likely N-dealkylation sites (N-methyl/N-ethyl adjacent to an activating group) is 2. The van der Waals surface area contributed by atoms with Crippen molar-refractivity contribution in [3.05, 3.63) is 29.3 Å². The summed E-state index contributed by atoms with van der Waals surface area (Å²) >= 11 is 0. The smallest absolute Gasteiger partial charge is 0.0414 e. The van der Waals surface area contributed by atoms with Gasteiger partial charge in [-0.2, -0.15) is 0 Å². The molecule has 1 N–H and O–H groups in total. The molecule has 0 saturated carbocycles. The monoisotopic (exact) mass is 275 g/mol. The van der Waals surface area contributed by atoms with E-state index in [4.69, 9.17) is 0 Å². The number of aryl methyl sites for hydroxylation is 1. The molecule has 0 aromatic heterocycles. The highest BCUT2D eigenvalue weighted by Gasteiger charge is 2.22. The van der Waals surface area contributed by atoms with Gasteiger partial charge in [0.25, 0.3) is 0 Å². The van der Waals surface area contributed by atoms with Crippen molar-refractivity contribution in [3.63, 3.8) is 0 Å². The highest BCUT2D eigenvalue weighted by atomic mass is 15.2. The van der Waals surface area contributed by atoms with Gasteiger partial charge in [0.2, 0.25) is 0 Å². The summed E-state index contributed by atoms with van der Waals surface area (Å²) in [5.74, 6) is 0. The van der Waals surface area contributed by atoms with Gasteiger partial charge >= 0.3 is 0 Å². The SMILES string of the molecule is CCNCc1cc(C)ccc1N(C)C1CCCN(C)C1. The van der Waals surface area contributed by atoms with E-state index in [0.29, 0.717) is 6.04 Å². The number of benzene rings is 1. The van der Waals surface area contributed by atoms with Crippen LogP contribution in [0.3, 0.4) is 0 Å². The summed E-state index contributed by atoms with van der Waals surface area (Å²) in [6.45, 7) is 8.72. The minimum absolute atomic E-state index is 0.636. The lowest BCUT2D eigenvalue weighted by atomic mass is 10.0. The van der Waals surface area contributed by atoms with E-state index in [0.717, 1.165) is 13.1 Å². The summed E-state index contributed by atoms with van der Waals surface area (Å²) in [5.41, 5.74) is 4.15. The van der Waals surface area contributed by atoms with Crippen LogP contribution in [0, 0.1) is 6.92 Å². The van der Waals surface area contributed by atoms with Crippen molar-refractivity contribution in [2.45, 2.75) is 39.3 Å². The van der Waals surface area contributed by atoms with E-state index in [-0.39, 0.29) is 0 Å². The van der Waals surface area contributed by atoms with Crippen LogP contribution in [0.25, 0.3) is 0 Å². The van der Waals surface area contributed by atoms with Crippen molar-refractivity contribution in [1.82, 2.24) is 10.2 Å². The highest BCUT2D eigenvalue weighted by Crippen LogP contribution is 2.25. The fourth-order valence-electron chi connectivity index (χ4n) is 3.11. The van der Waals surface area contributed by atoms with Gasteiger partial charge in [0.05, 0.1) is 0 Å². The second kappa shape index (κ2) is 7.09. The van der Waals surface area contributed by atoms with Crippen LogP contribution in [0.1, 0.15) is 30.9 Å². The number of piperidine rings is 1. The normalized spacial score (nSPS) is 20.1. The minimum Gasteiger partial charge on any atom is -0.370 e. The maximum atomic E-state index is 3.46. The standard InChI is InChI=1S/C17H29N3/c1-5-18-12-15-11-14(2)8-9-17(15)20(4)16-7-6-10-19(3)13-16/h8-9,11,16,18H,5-7,10,12-13H2,1-4H3. The third kappa shape index (κ3) is 3.74. The molecule has 2 rings (SSSR count). The van der Waals surface area contributed by atoms with Crippen molar-refractivity contribution < 1.29 is 0 Å². The van der Waals surface area contributed by atoms with E-state index in [1.54, 1.807) is 0 Å². The molecular weight excluding hydrogens is 246 g/mol. The number of anilines is 1. The zero-order valence-electron chi connectivity index (χ0n) is 13.4. The Balaban J connectivity index is 2.17. The van der Waals surface area contributed by atoms with E-state index in [1.807, 2.05) is 0 Å². The van der Waals surface area contributed by atoms with Crippen molar-refractivity contribution in [2.75, 3.05) is 38.6 Å². The molecule has 1 heterocycles. The second-order valence-corrected chi connectivity index (χ2v) is 6.08. The van der Waals surface area contributed by atoms with Gasteiger partial charge in [-0.1, -0.05) is 24.6 Å². The van der Waals surface area contributed by atoms with Crippen molar-refractivity contribution in [1.29, 1.82) is 0 Å². The van der Waals surface area contributed by atoms with Crippen LogP contribution in [-0.4, -0.2) is 44.7 Å². The summed E-state index contributed by atoms with van der Waals surface area (Å²) < 4.78 is 0. The Morgan fingerprint density at radius 2 is 2.20 bits per heavy atom. The summed E-state index contributed by atoms with van der Waals surface area (Å²) in [6.07, 6.45) is 2.61. The molecule has 1 unspecified atom stereocenters. The zero-order valence-corrected chi connectivity index (χ0v) is 13.4. The minimum atomic E-state index is 0.636. The molecule has 20 heavy (non-hydrogen) atoms. The first-order valence-electron chi connectivity index (χ1n) is 7.83. The fourth-order valence-corrected chi connectivity index (χ4v) is 3.11. The van der Waals surface area contributed by atoms with Crippen LogP contribution in [0.4, 0.5) is 5.69 Å². The van der Waals surface area contributed by atoms with Gasteiger partial charge in [-0.25, -0.2) is 0 Å². The molecule has 112 valence electrons. The van der Waals surface area contributed by atoms with Crippen molar-refractivity contribution >= 4 is 5.69 Å². The summed E-state index contributed by atoms with van der Waals surface area (Å²) in [5, 5.41) is 3.46. The molecule has 3 nitrogen and oxygen atoms in total. The molecule has 0 aliphatic carbocycles. The van der Waals surface area contributed by atoms with Gasteiger partial charge < -0.3 is 15.1 Å². The van der Waals surface area contributed by atoms with Gasteiger partial charge in [0.15, 0.2) is 0 Å². The van der Waals surface area contributed by atoms with E-state index in [9.17, 15) is 0 Å². The van der Waals surface area contributed by atoms with Gasteiger partial charge in [-0.15, -0.1) is 0 Å². The molecule has 0 radical (unpaired) electrons. The maximum Gasteiger partial charge on any atom is 0.0414 e. The largest absolute Gasteiger partial charge is 0.370 e.